The molecule has 0 unspecified atom stereocenters. The molecule has 0 saturated heterocycles. The van der Waals surface area contributed by atoms with Crippen molar-refractivity contribution in [2.45, 2.75) is 6.92 Å². The quantitative estimate of drug-likeness (QED) is 0.631. The summed E-state index contributed by atoms with van der Waals surface area (Å²) >= 11 is 0. The highest BCUT2D eigenvalue weighted by Crippen LogP contribution is 2.28. The lowest BCUT2D eigenvalue weighted by molar-refractivity contribution is -0.384. The Labute approximate surface area is 110 Å². The summed E-state index contributed by atoms with van der Waals surface area (Å²) in [4.78, 5) is 23.3. The molecule has 0 saturated carbocycles. The number of nitro benzene ring substituents is 1. The molecular weight excluding hydrogens is 248 g/mol. The Hall–Kier alpha value is -2.62. The van der Waals surface area contributed by atoms with E-state index in [0.29, 0.717) is 12.2 Å². The van der Waals surface area contributed by atoms with Crippen molar-refractivity contribution in [3.8, 4) is 6.07 Å². The van der Waals surface area contributed by atoms with E-state index in [2.05, 4.69) is 5.32 Å². The molecule has 0 atom stereocenters. The molecule has 1 aromatic rings. The number of nitrogens with one attached hydrogen (secondary N) is 1. The summed E-state index contributed by atoms with van der Waals surface area (Å²) in [6.45, 7) is 2.31. The highest BCUT2D eigenvalue weighted by molar-refractivity contribution is 5.82. The summed E-state index contributed by atoms with van der Waals surface area (Å²) < 4.78 is 0. The zero-order valence-corrected chi connectivity index (χ0v) is 10.7. The third kappa shape index (κ3) is 3.67. The van der Waals surface area contributed by atoms with Gasteiger partial charge in [-0.15, -0.1) is 0 Å². The van der Waals surface area contributed by atoms with E-state index in [1.54, 1.807) is 14.0 Å². The summed E-state index contributed by atoms with van der Waals surface area (Å²) in [5, 5.41) is 22.3. The zero-order valence-electron chi connectivity index (χ0n) is 10.7. The lowest BCUT2D eigenvalue weighted by atomic mass is 10.1. The zero-order chi connectivity index (χ0) is 14.4. The van der Waals surface area contributed by atoms with E-state index in [0.717, 1.165) is 0 Å². The van der Waals surface area contributed by atoms with Crippen LogP contribution >= 0.6 is 0 Å². The predicted octanol–water partition coefficient (Wildman–Crippen LogP) is 1.04. The van der Waals surface area contributed by atoms with Gasteiger partial charge in [0, 0.05) is 19.7 Å². The Morgan fingerprint density at radius 3 is 2.79 bits per heavy atom. The van der Waals surface area contributed by atoms with Crippen molar-refractivity contribution in [2.75, 3.05) is 25.0 Å². The molecule has 0 bridgehead atoms. The molecule has 0 aromatic heterocycles. The van der Waals surface area contributed by atoms with Crippen LogP contribution in [-0.2, 0) is 4.79 Å². The smallest absolute Gasteiger partial charge is 0.293 e. The number of nitrogens with zero attached hydrogens (tertiary/aromatic N) is 3. The van der Waals surface area contributed by atoms with Gasteiger partial charge >= 0.3 is 0 Å². The topological polar surface area (TPSA) is 99.3 Å². The van der Waals surface area contributed by atoms with Crippen LogP contribution in [0.5, 0.6) is 0 Å². The molecule has 0 aliphatic rings. The van der Waals surface area contributed by atoms with Gasteiger partial charge in [0.2, 0.25) is 5.91 Å². The number of hydrogen-bond donors (Lipinski definition) is 1. The highest BCUT2D eigenvalue weighted by Gasteiger charge is 2.19. The Morgan fingerprint density at radius 2 is 2.26 bits per heavy atom. The van der Waals surface area contributed by atoms with E-state index in [4.69, 9.17) is 5.26 Å². The van der Waals surface area contributed by atoms with Crippen LogP contribution in [-0.4, -0.2) is 31.0 Å². The summed E-state index contributed by atoms with van der Waals surface area (Å²) in [5.74, 6) is -0.219. The van der Waals surface area contributed by atoms with Crippen LogP contribution in [0.3, 0.4) is 0 Å². The molecule has 1 rings (SSSR count). The summed E-state index contributed by atoms with van der Waals surface area (Å²) in [7, 11) is 1.59. The normalized spacial score (nSPS) is 9.53. The van der Waals surface area contributed by atoms with Crippen LogP contribution in [0.4, 0.5) is 11.4 Å². The van der Waals surface area contributed by atoms with E-state index in [-0.39, 0.29) is 23.7 Å². The Balaban J connectivity index is 3.02. The maximum absolute atomic E-state index is 11.5. The van der Waals surface area contributed by atoms with Crippen molar-refractivity contribution in [2.24, 2.45) is 0 Å². The molecule has 7 heteroatoms. The van der Waals surface area contributed by atoms with Gasteiger partial charge in [-0.05, 0) is 19.1 Å². The first-order valence-electron chi connectivity index (χ1n) is 5.66. The van der Waals surface area contributed by atoms with Gasteiger partial charge in [-0.25, -0.2) is 0 Å². The molecule has 0 aliphatic carbocycles. The fourth-order valence-corrected chi connectivity index (χ4v) is 1.62. The number of benzene rings is 1. The average molecular weight is 262 g/mol. The Morgan fingerprint density at radius 1 is 1.58 bits per heavy atom. The van der Waals surface area contributed by atoms with Crippen LogP contribution in [0.2, 0.25) is 0 Å². The second-order valence-corrected chi connectivity index (χ2v) is 3.88. The first kappa shape index (κ1) is 14.4. The van der Waals surface area contributed by atoms with Crippen LogP contribution in [0.25, 0.3) is 0 Å². The fourth-order valence-electron chi connectivity index (χ4n) is 1.62. The minimum Gasteiger partial charge on any atom is -0.360 e. The SMILES string of the molecule is CCNC(=O)CN(C)c1ccc(C#N)cc1[N+](=O)[O-]. The number of carbonyl (C=O) groups is 1. The first-order chi connectivity index (χ1) is 8.99. The highest BCUT2D eigenvalue weighted by atomic mass is 16.6. The maximum Gasteiger partial charge on any atom is 0.293 e. The van der Waals surface area contributed by atoms with Crippen molar-refractivity contribution < 1.29 is 9.72 Å². The van der Waals surface area contributed by atoms with Gasteiger partial charge in [-0.3, -0.25) is 14.9 Å². The van der Waals surface area contributed by atoms with Crippen molar-refractivity contribution in [1.82, 2.24) is 5.32 Å². The first-order valence-corrected chi connectivity index (χ1v) is 5.66. The van der Waals surface area contributed by atoms with Crippen molar-refractivity contribution in [3.05, 3.63) is 33.9 Å². The summed E-state index contributed by atoms with van der Waals surface area (Å²) in [5.41, 5.74) is 0.322. The van der Waals surface area contributed by atoms with Gasteiger partial charge in [-0.1, -0.05) is 0 Å². The number of nitriles is 1. The van der Waals surface area contributed by atoms with Gasteiger partial charge in [-0.2, -0.15) is 5.26 Å². The van der Waals surface area contributed by atoms with Crippen LogP contribution in [0.15, 0.2) is 18.2 Å². The van der Waals surface area contributed by atoms with E-state index < -0.39 is 4.92 Å². The molecule has 100 valence electrons. The molecule has 0 heterocycles. The van der Waals surface area contributed by atoms with Crippen molar-refractivity contribution in [1.29, 1.82) is 5.26 Å². The second kappa shape index (κ2) is 6.35. The largest absolute Gasteiger partial charge is 0.360 e. The Bertz CT molecular complexity index is 536. The average Bonchev–Trinajstić information content (AvgIpc) is 2.38. The van der Waals surface area contributed by atoms with Gasteiger partial charge in [0.1, 0.15) is 5.69 Å². The molecule has 1 amide bonds. The summed E-state index contributed by atoms with van der Waals surface area (Å²) in [6, 6.07) is 6.00. The number of anilines is 1. The molecule has 19 heavy (non-hydrogen) atoms. The number of hydrogen-bond acceptors (Lipinski definition) is 5. The van der Waals surface area contributed by atoms with Crippen LogP contribution in [0, 0.1) is 21.4 Å². The van der Waals surface area contributed by atoms with E-state index in [1.807, 2.05) is 6.07 Å². The van der Waals surface area contributed by atoms with Gasteiger partial charge in [0.05, 0.1) is 23.1 Å². The monoisotopic (exact) mass is 262 g/mol. The molecule has 0 aliphatic heterocycles. The second-order valence-electron chi connectivity index (χ2n) is 3.88. The van der Waals surface area contributed by atoms with Crippen molar-refractivity contribution >= 4 is 17.3 Å². The number of likely N-dealkylation sites (N-methyl/N-ethyl adjacent to an activating group) is 2. The molecule has 0 spiro atoms. The predicted molar refractivity (Wildman–Crippen MR) is 69.8 cm³/mol. The fraction of sp³-hybridized carbons (Fsp3) is 0.333. The maximum atomic E-state index is 11.5. The number of rotatable bonds is 5. The molecule has 1 N–H and O–H groups in total. The molecule has 7 nitrogen and oxygen atoms in total. The third-order valence-corrected chi connectivity index (χ3v) is 2.47. The number of amides is 1. The Kier molecular flexibility index (Phi) is 4.83. The molecular formula is C12H14N4O3. The lowest BCUT2D eigenvalue weighted by Gasteiger charge is -2.18. The minimum absolute atomic E-state index is 0.0145. The third-order valence-electron chi connectivity index (χ3n) is 2.47. The van der Waals surface area contributed by atoms with Crippen LogP contribution < -0.4 is 10.2 Å². The molecule has 1 aromatic carbocycles. The van der Waals surface area contributed by atoms with E-state index in [9.17, 15) is 14.9 Å². The van der Waals surface area contributed by atoms with Crippen molar-refractivity contribution in [3.63, 3.8) is 0 Å². The van der Waals surface area contributed by atoms with Gasteiger partial charge < -0.3 is 10.2 Å². The minimum atomic E-state index is -0.565. The van der Waals surface area contributed by atoms with Gasteiger partial charge in [0.15, 0.2) is 0 Å². The van der Waals surface area contributed by atoms with E-state index >= 15 is 0 Å². The number of nitro groups is 1. The standard InChI is InChI=1S/C12H14N4O3/c1-3-14-12(17)8-15(2)10-5-4-9(7-13)6-11(10)16(18)19/h4-6H,3,8H2,1-2H3,(H,14,17). The van der Waals surface area contributed by atoms with Crippen LogP contribution in [0.1, 0.15) is 12.5 Å². The van der Waals surface area contributed by atoms with E-state index in [1.165, 1.54) is 23.1 Å². The molecule has 0 radical (unpaired) electrons. The lowest BCUT2D eigenvalue weighted by Crippen LogP contribution is -2.35. The molecule has 0 fully saturated rings. The summed E-state index contributed by atoms with van der Waals surface area (Å²) in [6.07, 6.45) is 0. The number of carbonyl (C=O) groups excluding carboxylic acids is 1. The van der Waals surface area contributed by atoms with Gasteiger partial charge in [0.25, 0.3) is 5.69 Å².